The highest BCUT2D eigenvalue weighted by molar-refractivity contribution is 5.16. The second kappa shape index (κ2) is 6.07. The van der Waals surface area contributed by atoms with Gasteiger partial charge in [-0.25, -0.2) is 8.78 Å². The lowest BCUT2D eigenvalue weighted by atomic mass is 10.1. The summed E-state index contributed by atoms with van der Waals surface area (Å²) in [4.78, 5) is 0. The molecule has 1 aliphatic rings. The summed E-state index contributed by atoms with van der Waals surface area (Å²) >= 11 is 0. The predicted molar refractivity (Wildman–Crippen MR) is 61.6 cm³/mol. The second-order valence-electron chi connectivity index (χ2n) is 4.48. The summed E-state index contributed by atoms with van der Waals surface area (Å²) in [5, 5.41) is 3.29. The standard InChI is InChI=1S/C13H17F2NO/c14-12-5-11(6-13(15)7-12)9-17-4-2-10-1-3-16-8-10/h5-7,10,16H,1-4,8-9H2. The van der Waals surface area contributed by atoms with Crippen molar-refractivity contribution in [1.82, 2.24) is 5.32 Å². The van der Waals surface area contributed by atoms with Crippen LogP contribution in [0.3, 0.4) is 0 Å². The van der Waals surface area contributed by atoms with E-state index in [2.05, 4.69) is 5.32 Å². The highest BCUT2D eigenvalue weighted by atomic mass is 19.1. The molecule has 1 aromatic carbocycles. The Kier molecular flexibility index (Phi) is 4.45. The third-order valence-electron chi connectivity index (χ3n) is 3.02. The van der Waals surface area contributed by atoms with E-state index in [1.165, 1.54) is 18.6 Å². The van der Waals surface area contributed by atoms with Crippen LogP contribution in [0.5, 0.6) is 0 Å². The van der Waals surface area contributed by atoms with E-state index in [4.69, 9.17) is 4.74 Å². The van der Waals surface area contributed by atoms with E-state index in [1.807, 2.05) is 0 Å². The Labute approximate surface area is 100.0 Å². The summed E-state index contributed by atoms with van der Waals surface area (Å²) < 4.78 is 31.2. The minimum atomic E-state index is -0.552. The van der Waals surface area contributed by atoms with E-state index in [0.29, 0.717) is 18.1 Å². The quantitative estimate of drug-likeness (QED) is 0.800. The number of rotatable bonds is 5. The Morgan fingerprint density at radius 3 is 2.65 bits per heavy atom. The van der Waals surface area contributed by atoms with E-state index < -0.39 is 11.6 Å². The van der Waals surface area contributed by atoms with Crippen LogP contribution in [0.4, 0.5) is 8.78 Å². The van der Waals surface area contributed by atoms with Gasteiger partial charge in [0.15, 0.2) is 0 Å². The maximum Gasteiger partial charge on any atom is 0.126 e. The van der Waals surface area contributed by atoms with Gasteiger partial charge >= 0.3 is 0 Å². The molecule has 1 unspecified atom stereocenters. The van der Waals surface area contributed by atoms with E-state index in [1.54, 1.807) is 0 Å². The molecule has 1 aliphatic heterocycles. The van der Waals surface area contributed by atoms with Crippen LogP contribution in [0.2, 0.25) is 0 Å². The molecular weight excluding hydrogens is 224 g/mol. The minimum Gasteiger partial charge on any atom is -0.377 e. The van der Waals surface area contributed by atoms with E-state index >= 15 is 0 Å². The second-order valence-corrected chi connectivity index (χ2v) is 4.48. The van der Waals surface area contributed by atoms with Crippen molar-refractivity contribution in [2.45, 2.75) is 19.4 Å². The van der Waals surface area contributed by atoms with E-state index in [9.17, 15) is 8.78 Å². The fourth-order valence-electron chi connectivity index (χ4n) is 2.10. The van der Waals surface area contributed by atoms with Crippen molar-refractivity contribution in [2.24, 2.45) is 5.92 Å². The van der Waals surface area contributed by atoms with Gasteiger partial charge in [-0.05, 0) is 49.5 Å². The molecule has 0 spiro atoms. The molecule has 0 aromatic heterocycles. The van der Waals surface area contributed by atoms with E-state index in [-0.39, 0.29) is 6.61 Å². The van der Waals surface area contributed by atoms with Gasteiger partial charge in [0.25, 0.3) is 0 Å². The maximum atomic E-state index is 12.9. The topological polar surface area (TPSA) is 21.3 Å². The number of hydrogen-bond donors (Lipinski definition) is 1. The number of ether oxygens (including phenoxy) is 1. The van der Waals surface area contributed by atoms with Crippen molar-refractivity contribution in [2.75, 3.05) is 19.7 Å². The van der Waals surface area contributed by atoms with Gasteiger partial charge in [-0.2, -0.15) is 0 Å². The molecule has 2 rings (SSSR count). The zero-order valence-electron chi connectivity index (χ0n) is 9.72. The lowest BCUT2D eigenvalue weighted by Gasteiger charge is -2.09. The van der Waals surface area contributed by atoms with Crippen molar-refractivity contribution >= 4 is 0 Å². The van der Waals surface area contributed by atoms with Crippen molar-refractivity contribution in [1.29, 1.82) is 0 Å². The van der Waals surface area contributed by atoms with Gasteiger partial charge in [0.2, 0.25) is 0 Å². The van der Waals surface area contributed by atoms with Gasteiger partial charge in [-0.1, -0.05) is 0 Å². The molecule has 1 heterocycles. The van der Waals surface area contributed by atoms with Crippen molar-refractivity contribution in [3.05, 3.63) is 35.4 Å². The fraction of sp³-hybridized carbons (Fsp3) is 0.538. The van der Waals surface area contributed by atoms with Gasteiger partial charge in [0.1, 0.15) is 11.6 Å². The Morgan fingerprint density at radius 1 is 1.24 bits per heavy atom. The van der Waals surface area contributed by atoms with Crippen LogP contribution < -0.4 is 5.32 Å². The normalized spacial score (nSPS) is 19.8. The Bertz CT molecular complexity index is 344. The molecule has 0 saturated carbocycles. The molecule has 94 valence electrons. The maximum absolute atomic E-state index is 12.9. The van der Waals surface area contributed by atoms with Gasteiger partial charge < -0.3 is 10.1 Å². The number of hydrogen-bond acceptors (Lipinski definition) is 2. The van der Waals surface area contributed by atoms with Gasteiger partial charge in [-0.3, -0.25) is 0 Å². The Morgan fingerprint density at radius 2 is 2.00 bits per heavy atom. The molecule has 1 saturated heterocycles. The zero-order valence-corrected chi connectivity index (χ0v) is 9.72. The molecule has 1 atom stereocenters. The smallest absolute Gasteiger partial charge is 0.126 e. The van der Waals surface area contributed by atoms with Gasteiger partial charge in [0.05, 0.1) is 6.61 Å². The van der Waals surface area contributed by atoms with Crippen LogP contribution in [0.15, 0.2) is 18.2 Å². The summed E-state index contributed by atoms with van der Waals surface area (Å²) in [6, 6.07) is 3.48. The third-order valence-corrected chi connectivity index (χ3v) is 3.02. The monoisotopic (exact) mass is 241 g/mol. The molecule has 1 aromatic rings. The Balaban J connectivity index is 1.70. The number of halogens is 2. The summed E-state index contributed by atoms with van der Waals surface area (Å²) in [6.07, 6.45) is 2.20. The van der Waals surface area contributed by atoms with Crippen molar-refractivity contribution < 1.29 is 13.5 Å². The average Bonchev–Trinajstić information content (AvgIpc) is 2.76. The first kappa shape index (κ1) is 12.5. The molecule has 0 aliphatic carbocycles. The molecule has 2 nitrogen and oxygen atoms in total. The predicted octanol–water partition coefficient (Wildman–Crippen LogP) is 2.48. The summed E-state index contributed by atoms with van der Waals surface area (Å²) in [7, 11) is 0. The Hall–Kier alpha value is -1.00. The van der Waals surface area contributed by atoms with Gasteiger partial charge in [0, 0.05) is 12.7 Å². The van der Waals surface area contributed by atoms with Crippen LogP contribution in [0.25, 0.3) is 0 Å². The first-order valence-corrected chi connectivity index (χ1v) is 5.97. The third kappa shape index (κ3) is 4.06. The molecule has 0 amide bonds. The van der Waals surface area contributed by atoms with Crippen molar-refractivity contribution in [3.63, 3.8) is 0 Å². The zero-order chi connectivity index (χ0) is 12.1. The molecule has 17 heavy (non-hydrogen) atoms. The highest BCUT2D eigenvalue weighted by Gasteiger charge is 2.13. The van der Waals surface area contributed by atoms with Gasteiger partial charge in [-0.15, -0.1) is 0 Å². The molecule has 4 heteroatoms. The molecule has 0 radical (unpaired) electrons. The lowest BCUT2D eigenvalue weighted by molar-refractivity contribution is 0.108. The van der Waals surface area contributed by atoms with Crippen LogP contribution in [-0.2, 0) is 11.3 Å². The van der Waals surface area contributed by atoms with Crippen molar-refractivity contribution in [3.8, 4) is 0 Å². The van der Waals surface area contributed by atoms with Crippen LogP contribution in [0.1, 0.15) is 18.4 Å². The van der Waals surface area contributed by atoms with Crippen LogP contribution >= 0.6 is 0 Å². The van der Waals surface area contributed by atoms with Crippen LogP contribution in [-0.4, -0.2) is 19.7 Å². The highest BCUT2D eigenvalue weighted by Crippen LogP contribution is 2.13. The first-order chi connectivity index (χ1) is 8.24. The summed E-state index contributed by atoms with van der Waals surface area (Å²) in [5.41, 5.74) is 0.548. The summed E-state index contributed by atoms with van der Waals surface area (Å²) in [5.74, 6) is -0.425. The molecule has 1 fully saturated rings. The molecule has 1 N–H and O–H groups in total. The first-order valence-electron chi connectivity index (χ1n) is 5.97. The minimum absolute atomic E-state index is 0.273. The average molecular weight is 241 g/mol. The summed E-state index contributed by atoms with van der Waals surface area (Å²) in [6.45, 7) is 3.05. The number of benzene rings is 1. The number of nitrogens with one attached hydrogen (secondary N) is 1. The molecule has 0 bridgehead atoms. The molecular formula is C13H17F2NO. The SMILES string of the molecule is Fc1cc(F)cc(COCCC2CCNC2)c1. The fourth-order valence-corrected chi connectivity index (χ4v) is 2.10. The van der Waals surface area contributed by atoms with E-state index in [0.717, 1.165) is 25.6 Å². The van der Waals surface area contributed by atoms with Crippen LogP contribution in [0, 0.1) is 17.6 Å². The lowest BCUT2D eigenvalue weighted by Crippen LogP contribution is -2.10. The largest absolute Gasteiger partial charge is 0.377 e.